The molecule has 1 amide bonds. The summed E-state index contributed by atoms with van der Waals surface area (Å²) in [5.74, 6) is -0.0803. The van der Waals surface area contributed by atoms with Crippen LogP contribution in [-0.4, -0.2) is 23.5 Å². The van der Waals surface area contributed by atoms with Crippen molar-refractivity contribution >= 4 is 17.5 Å². The van der Waals surface area contributed by atoms with Gasteiger partial charge in [-0.1, -0.05) is 54.1 Å². The van der Waals surface area contributed by atoms with Crippen molar-refractivity contribution in [2.75, 3.05) is 6.54 Å². The van der Waals surface area contributed by atoms with Gasteiger partial charge in [-0.05, 0) is 17.2 Å². The van der Waals surface area contributed by atoms with Gasteiger partial charge in [-0.15, -0.1) is 0 Å². The zero-order valence-electron chi connectivity index (χ0n) is 12.0. The number of nitrogens with zero attached hydrogens (tertiary/aromatic N) is 1. The summed E-state index contributed by atoms with van der Waals surface area (Å²) in [7, 11) is 0. The number of likely N-dealkylation sites (tertiary alicyclic amines) is 1. The fourth-order valence-corrected chi connectivity index (χ4v) is 3.64. The number of fused-ring (bicyclic) bond motifs is 3. The monoisotopic (exact) mass is 313 g/mol. The molecule has 0 unspecified atom stereocenters. The summed E-state index contributed by atoms with van der Waals surface area (Å²) in [6.45, 7) is 1.76. The van der Waals surface area contributed by atoms with Crippen LogP contribution in [0, 0.1) is 0 Å². The van der Waals surface area contributed by atoms with Crippen LogP contribution in [0.15, 0.2) is 48.5 Å². The van der Waals surface area contributed by atoms with Gasteiger partial charge in [0.1, 0.15) is 0 Å². The summed E-state index contributed by atoms with van der Waals surface area (Å²) in [5, 5.41) is 0.685. The zero-order chi connectivity index (χ0) is 15.1. The van der Waals surface area contributed by atoms with Crippen LogP contribution in [0.2, 0.25) is 5.02 Å². The summed E-state index contributed by atoms with van der Waals surface area (Å²) >= 11 is 6.24. The third-order valence-corrected chi connectivity index (χ3v) is 4.85. The predicted molar refractivity (Wildman–Crippen MR) is 84.6 cm³/mol. The topological polar surface area (TPSA) is 29.5 Å². The number of amides is 1. The maximum Gasteiger partial charge on any atom is 0.233 e. The van der Waals surface area contributed by atoms with Gasteiger partial charge in [-0.2, -0.15) is 0 Å². The highest BCUT2D eigenvalue weighted by Gasteiger charge is 2.45. The lowest BCUT2D eigenvalue weighted by atomic mass is 9.89. The molecule has 112 valence electrons. The summed E-state index contributed by atoms with van der Waals surface area (Å²) in [5.41, 5.74) is 3.13. The van der Waals surface area contributed by atoms with Gasteiger partial charge in [-0.3, -0.25) is 4.79 Å². The van der Waals surface area contributed by atoms with E-state index in [1.165, 1.54) is 0 Å². The molecular formula is C18H16ClNO2. The lowest BCUT2D eigenvalue weighted by Gasteiger charge is -2.26. The maximum absolute atomic E-state index is 12.8. The SMILES string of the molecule is O=C1[C@H]2c3cccc(Cl)c3CO[C@@H]2CN1Cc1ccccc1. The molecule has 2 atom stereocenters. The van der Waals surface area contributed by atoms with E-state index in [-0.39, 0.29) is 17.9 Å². The number of halogens is 1. The molecule has 0 N–H and O–H groups in total. The molecule has 0 saturated carbocycles. The van der Waals surface area contributed by atoms with E-state index in [2.05, 4.69) is 0 Å². The Labute approximate surface area is 134 Å². The predicted octanol–water partition coefficient (Wildman–Crippen LogP) is 3.36. The minimum atomic E-state index is -0.217. The van der Waals surface area contributed by atoms with Crippen molar-refractivity contribution in [2.24, 2.45) is 0 Å². The number of ether oxygens (including phenoxy) is 1. The Morgan fingerprint density at radius 2 is 1.95 bits per heavy atom. The van der Waals surface area contributed by atoms with Crippen LogP contribution in [0.3, 0.4) is 0 Å². The summed E-state index contributed by atoms with van der Waals surface area (Å²) in [4.78, 5) is 14.7. The molecule has 1 saturated heterocycles. The van der Waals surface area contributed by atoms with E-state index in [1.54, 1.807) is 0 Å². The van der Waals surface area contributed by atoms with Crippen LogP contribution in [0.1, 0.15) is 22.6 Å². The fourth-order valence-electron chi connectivity index (χ4n) is 3.41. The standard InChI is InChI=1S/C18H16ClNO2/c19-15-8-4-7-13-14(15)11-22-16-10-20(18(21)17(13)16)9-12-5-2-1-3-6-12/h1-8,16-17H,9-11H2/t16-,17+/m1/s1. The van der Waals surface area contributed by atoms with Gasteiger partial charge in [0.15, 0.2) is 0 Å². The molecule has 0 aromatic heterocycles. The molecule has 22 heavy (non-hydrogen) atoms. The minimum absolute atomic E-state index is 0.0674. The second-order valence-corrected chi connectivity index (χ2v) is 6.25. The van der Waals surface area contributed by atoms with E-state index >= 15 is 0 Å². The first-order valence-corrected chi connectivity index (χ1v) is 7.83. The quantitative estimate of drug-likeness (QED) is 0.851. The van der Waals surface area contributed by atoms with Crippen LogP contribution in [0.25, 0.3) is 0 Å². The van der Waals surface area contributed by atoms with Crippen LogP contribution in [-0.2, 0) is 22.7 Å². The molecule has 2 aliphatic rings. The maximum atomic E-state index is 12.8. The first-order chi connectivity index (χ1) is 10.7. The van der Waals surface area contributed by atoms with Gasteiger partial charge in [0.05, 0.1) is 18.6 Å². The molecule has 0 bridgehead atoms. The summed E-state index contributed by atoms with van der Waals surface area (Å²) < 4.78 is 5.90. The van der Waals surface area contributed by atoms with Crippen molar-refractivity contribution in [3.8, 4) is 0 Å². The second-order valence-electron chi connectivity index (χ2n) is 5.84. The summed E-state index contributed by atoms with van der Waals surface area (Å²) in [6, 6.07) is 15.8. The van der Waals surface area contributed by atoms with Crippen LogP contribution >= 0.6 is 11.6 Å². The molecular weight excluding hydrogens is 298 g/mol. The molecule has 4 rings (SSSR count). The first kappa shape index (κ1) is 13.8. The second kappa shape index (κ2) is 5.41. The molecule has 2 aromatic carbocycles. The van der Waals surface area contributed by atoms with E-state index in [0.29, 0.717) is 24.7 Å². The van der Waals surface area contributed by atoms with Crippen molar-refractivity contribution in [3.63, 3.8) is 0 Å². The number of carbonyl (C=O) groups is 1. The number of hydrogen-bond acceptors (Lipinski definition) is 2. The largest absolute Gasteiger partial charge is 0.370 e. The Hall–Kier alpha value is -1.84. The van der Waals surface area contributed by atoms with Gasteiger partial charge < -0.3 is 9.64 Å². The molecule has 1 fully saturated rings. The van der Waals surface area contributed by atoms with Crippen LogP contribution in [0.4, 0.5) is 0 Å². The molecule has 0 spiro atoms. The van der Waals surface area contributed by atoms with Crippen LogP contribution in [0.5, 0.6) is 0 Å². The fraction of sp³-hybridized carbons (Fsp3) is 0.278. The highest BCUT2D eigenvalue weighted by molar-refractivity contribution is 6.31. The Bertz CT molecular complexity index is 716. The number of hydrogen-bond donors (Lipinski definition) is 0. The molecule has 0 radical (unpaired) electrons. The lowest BCUT2D eigenvalue weighted by molar-refractivity contribution is -0.130. The minimum Gasteiger partial charge on any atom is -0.370 e. The van der Waals surface area contributed by atoms with Crippen molar-refractivity contribution < 1.29 is 9.53 Å². The molecule has 4 heteroatoms. The molecule has 2 heterocycles. The lowest BCUT2D eigenvalue weighted by Crippen LogP contribution is -2.28. The van der Waals surface area contributed by atoms with E-state index in [9.17, 15) is 4.79 Å². The van der Waals surface area contributed by atoms with Crippen molar-refractivity contribution in [2.45, 2.75) is 25.2 Å². The average Bonchev–Trinajstić information content (AvgIpc) is 2.85. The Morgan fingerprint density at radius 1 is 1.14 bits per heavy atom. The van der Waals surface area contributed by atoms with Gasteiger partial charge in [0.2, 0.25) is 5.91 Å². The van der Waals surface area contributed by atoms with E-state index in [1.807, 2.05) is 53.4 Å². The van der Waals surface area contributed by atoms with E-state index < -0.39 is 0 Å². The average molecular weight is 314 g/mol. The van der Waals surface area contributed by atoms with Gasteiger partial charge in [0.25, 0.3) is 0 Å². The number of rotatable bonds is 2. The number of carbonyl (C=O) groups excluding carboxylic acids is 1. The third-order valence-electron chi connectivity index (χ3n) is 4.50. The Morgan fingerprint density at radius 3 is 2.77 bits per heavy atom. The zero-order valence-corrected chi connectivity index (χ0v) is 12.8. The van der Waals surface area contributed by atoms with Gasteiger partial charge in [0, 0.05) is 23.7 Å². The smallest absolute Gasteiger partial charge is 0.233 e. The normalized spacial score (nSPS) is 23.3. The third kappa shape index (κ3) is 2.21. The number of benzene rings is 2. The highest BCUT2D eigenvalue weighted by atomic mass is 35.5. The van der Waals surface area contributed by atoms with Gasteiger partial charge >= 0.3 is 0 Å². The molecule has 0 aliphatic carbocycles. The van der Waals surface area contributed by atoms with Crippen molar-refractivity contribution in [3.05, 3.63) is 70.2 Å². The van der Waals surface area contributed by atoms with Crippen molar-refractivity contribution in [1.29, 1.82) is 0 Å². The molecule has 2 aromatic rings. The Balaban J connectivity index is 1.63. The van der Waals surface area contributed by atoms with E-state index in [0.717, 1.165) is 16.7 Å². The van der Waals surface area contributed by atoms with Gasteiger partial charge in [-0.25, -0.2) is 0 Å². The van der Waals surface area contributed by atoms with E-state index in [4.69, 9.17) is 16.3 Å². The summed E-state index contributed by atoms with van der Waals surface area (Å²) in [6.07, 6.45) is -0.0674. The molecule has 2 aliphatic heterocycles. The Kier molecular flexibility index (Phi) is 3.40. The first-order valence-electron chi connectivity index (χ1n) is 7.45. The van der Waals surface area contributed by atoms with Crippen molar-refractivity contribution in [1.82, 2.24) is 4.90 Å². The van der Waals surface area contributed by atoms with Crippen LogP contribution < -0.4 is 0 Å². The highest BCUT2D eigenvalue weighted by Crippen LogP contribution is 2.40. The molecule has 3 nitrogen and oxygen atoms in total.